The van der Waals surface area contributed by atoms with Gasteiger partial charge in [-0.05, 0) is 13.0 Å². The summed E-state index contributed by atoms with van der Waals surface area (Å²) in [5.41, 5.74) is 3.69. The van der Waals surface area contributed by atoms with Crippen LogP contribution in [0, 0.1) is 0 Å². The van der Waals surface area contributed by atoms with Crippen molar-refractivity contribution in [3.05, 3.63) is 60.6 Å². The molecule has 2 aromatic carbocycles. The van der Waals surface area contributed by atoms with Crippen molar-refractivity contribution in [2.45, 2.75) is 26.0 Å². The van der Waals surface area contributed by atoms with Gasteiger partial charge in [-0.3, -0.25) is 4.68 Å². The van der Waals surface area contributed by atoms with E-state index in [4.69, 9.17) is 4.74 Å². The lowest BCUT2D eigenvalue weighted by molar-refractivity contribution is 0.122. The highest BCUT2D eigenvalue weighted by molar-refractivity contribution is 5.96. The van der Waals surface area contributed by atoms with E-state index in [9.17, 15) is 13.9 Å². The lowest BCUT2D eigenvalue weighted by Gasteiger charge is -2.13. The number of methoxy groups -OCH3 is 1. The van der Waals surface area contributed by atoms with Gasteiger partial charge in [-0.1, -0.05) is 30.3 Å². The summed E-state index contributed by atoms with van der Waals surface area (Å²) in [6.07, 6.45) is -0.317. The van der Waals surface area contributed by atoms with E-state index >= 15 is 0 Å². The van der Waals surface area contributed by atoms with Gasteiger partial charge in [-0.2, -0.15) is 5.10 Å². The third kappa shape index (κ3) is 3.73. The van der Waals surface area contributed by atoms with Crippen molar-refractivity contribution in [1.82, 2.24) is 19.7 Å². The molecule has 4 aromatic rings. The molecule has 4 rings (SSSR count). The topological polar surface area (TPSA) is 73.1 Å². The molecule has 0 saturated heterocycles. The first-order valence-electron chi connectivity index (χ1n) is 9.40. The average Bonchev–Trinajstić information content (AvgIpc) is 3.15. The van der Waals surface area contributed by atoms with Gasteiger partial charge >= 0.3 is 0 Å². The monoisotopic (exact) mass is 410 g/mol. The fourth-order valence-electron chi connectivity index (χ4n) is 3.46. The second-order valence-electron chi connectivity index (χ2n) is 6.88. The molecule has 1 N–H and O–H groups in total. The summed E-state index contributed by atoms with van der Waals surface area (Å²) in [5.74, 6) is 0.513. The van der Waals surface area contributed by atoms with Crippen LogP contribution in [0.4, 0.5) is 8.78 Å². The van der Waals surface area contributed by atoms with Gasteiger partial charge in [0.15, 0.2) is 0 Å². The van der Waals surface area contributed by atoms with Crippen LogP contribution in [0.5, 0.6) is 5.75 Å². The quantitative estimate of drug-likeness (QED) is 0.507. The van der Waals surface area contributed by atoms with Crippen LogP contribution in [0.2, 0.25) is 0 Å². The van der Waals surface area contributed by atoms with Gasteiger partial charge in [0, 0.05) is 34.3 Å². The molecular weight excluding hydrogens is 390 g/mol. The molecule has 0 radical (unpaired) electrons. The fraction of sp³-hybridized carbons (Fsp3) is 0.227. The van der Waals surface area contributed by atoms with Crippen molar-refractivity contribution < 1.29 is 18.6 Å². The molecule has 0 aliphatic heterocycles. The van der Waals surface area contributed by atoms with Crippen molar-refractivity contribution in [2.75, 3.05) is 7.11 Å². The second-order valence-corrected chi connectivity index (χ2v) is 6.88. The average molecular weight is 410 g/mol. The standard InChI is InChI=1S/C22H20F2N4O2/c1-13(29)15-8-16-18(9-19(15)30-2)25-12-26-22(16)17-10-28(11-20(23)24)27-21(17)14-6-4-3-5-7-14/h3-10,12-13,20,29H,11H2,1-2H3/t13-/m0/s1. The molecule has 0 unspecified atom stereocenters. The molecule has 8 heteroatoms. The number of ether oxygens (including phenoxy) is 1. The minimum Gasteiger partial charge on any atom is -0.496 e. The first-order chi connectivity index (χ1) is 14.5. The Kier molecular flexibility index (Phi) is 5.41. The highest BCUT2D eigenvalue weighted by atomic mass is 19.3. The molecule has 0 saturated carbocycles. The number of rotatable bonds is 6. The number of nitrogens with zero attached hydrogens (tertiary/aromatic N) is 4. The SMILES string of the molecule is COc1cc2ncnc(-c3cn(CC(F)F)nc3-c3ccccc3)c2cc1[C@H](C)O. The van der Waals surface area contributed by atoms with E-state index in [2.05, 4.69) is 15.1 Å². The number of fused-ring (bicyclic) bond motifs is 1. The van der Waals surface area contributed by atoms with Crippen LogP contribution in [-0.4, -0.2) is 38.4 Å². The van der Waals surface area contributed by atoms with Gasteiger partial charge in [0.25, 0.3) is 6.43 Å². The molecule has 0 bridgehead atoms. The zero-order valence-electron chi connectivity index (χ0n) is 16.5. The Hall–Kier alpha value is -3.39. The number of alkyl halides is 2. The van der Waals surface area contributed by atoms with Crippen LogP contribution < -0.4 is 4.74 Å². The molecule has 1 atom stereocenters. The van der Waals surface area contributed by atoms with Crippen LogP contribution in [0.15, 0.2) is 55.0 Å². The van der Waals surface area contributed by atoms with Gasteiger partial charge in [-0.15, -0.1) is 0 Å². The number of hydrogen-bond acceptors (Lipinski definition) is 5. The van der Waals surface area contributed by atoms with Crippen LogP contribution in [0.3, 0.4) is 0 Å². The Morgan fingerprint density at radius 3 is 2.53 bits per heavy atom. The van der Waals surface area contributed by atoms with Crippen molar-refractivity contribution in [1.29, 1.82) is 0 Å². The van der Waals surface area contributed by atoms with Crippen molar-refractivity contribution in [3.8, 4) is 28.3 Å². The van der Waals surface area contributed by atoms with Crippen molar-refractivity contribution in [3.63, 3.8) is 0 Å². The summed E-state index contributed by atoms with van der Waals surface area (Å²) in [6.45, 7) is 1.12. The summed E-state index contributed by atoms with van der Waals surface area (Å²) in [6, 6.07) is 12.8. The molecule has 0 aliphatic carbocycles. The predicted molar refractivity (Wildman–Crippen MR) is 109 cm³/mol. The van der Waals surface area contributed by atoms with E-state index < -0.39 is 19.1 Å². The second kappa shape index (κ2) is 8.16. The third-order valence-electron chi connectivity index (χ3n) is 4.83. The van der Waals surface area contributed by atoms with Gasteiger partial charge in [0.05, 0.1) is 24.4 Å². The molecule has 2 heterocycles. The van der Waals surface area contributed by atoms with E-state index in [1.54, 1.807) is 25.3 Å². The maximum absolute atomic E-state index is 13.0. The van der Waals surface area contributed by atoms with E-state index in [1.807, 2.05) is 30.3 Å². The van der Waals surface area contributed by atoms with E-state index in [0.29, 0.717) is 39.2 Å². The molecule has 0 amide bonds. The minimum atomic E-state index is -2.53. The number of aromatic nitrogens is 4. The largest absolute Gasteiger partial charge is 0.496 e. The predicted octanol–water partition coefficient (Wildman–Crippen LogP) is 4.49. The van der Waals surface area contributed by atoms with Gasteiger partial charge in [0.1, 0.15) is 24.3 Å². The molecule has 2 aromatic heterocycles. The first kappa shape index (κ1) is 19.9. The zero-order valence-corrected chi connectivity index (χ0v) is 16.5. The Morgan fingerprint density at radius 1 is 1.10 bits per heavy atom. The van der Waals surface area contributed by atoms with Gasteiger partial charge < -0.3 is 9.84 Å². The molecule has 0 aliphatic rings. The summed E-state index contributed by atoms with van der Waals surface area (Å²) >= 11 is 0. The van der Waals surface area contributed by atoms with Gasteiger partial charge in [-0.25, -0.2) is 18.7 Å². The molecule has 30 heavy (non-hydrogen) atoms. The van der Waals surface area contributed by atoms with E-state index in [0.717, 1.165) is 5.56 Å². The number of halogens is 2. The van der Waals surface area contributed by atoms with Gasteiger partial charge in [0.2, 0.25) is 0 Å². The Bertz CT molecular complexity index is 1180. The normalized spacial score (nSPS) is 12.5. The molecule has 0 spiro atoms. The smallest absolute Gasteiger partial charge is 0.257 e. The number of benzene rings is 2. The van der Waals surface area contributed by atoms with Crippen LogP contribution >= 0.6 is 0 Å². The highest BCUT2D eigenvalue weighted by Gasteiger charge is 2.20. The van der Waals surface area contributed by atoms with E-state index in [-0.39, 0.29) is 0 Å². The van der Waals surface area contributed by atoms with Crippen molar-refractivity contribution >= 4 is 10.9 Å². The first-order valence-corrected chi connectivity index (χ1v) is 9.40. The maximum atomic E-state index is 13.0. The maximum Gasteiger partial charge on any atom is 0.257 e. The Balaban J connectivity index is 1.97. The van der Waals surface area contributed by atoms with Crippen LogP contribution in [0.1, 0.15) is 18.6 Å². The zero-order chi connectivity index (χ0) is 21.3. The van der Waals surface area contributed by atoms with Crippen LogP contribution in [-0.2, 0) is 6.54 Å². The summed E-state index contributed by atoms with van der Waals surface area (Å²) < 4.78 is 32.6. The highest BCUT2D eigenvalue weighted by Crippen LogP contribution is 2.37. The summed E-state index contributed by atoms with van der Waals surface area (Å²) in [5, 5.41) is 15.2. The number of aliphatic hydroxyl groups excluding tert-OH is 1. The Morgan fingerprint density at radius 2 is 1.87 bits per heavy atom. The van der Waals surface area contributed by atoms with Crippen molar-refractivity contribution in [2.24, 2.45) is 0 Å². The van der Waals surface area contributed by atoms with E-state index in [1.165, 1.54) is 18.1 Å². The number of hydrogen-bond donors (Lipinski definition) is 1. The lowest BCUT2D eigenvalue weighted by Crippen LogP contribution is -2.06. The Labute approximate surface area is 171 Å². The summed E-state index contributed by atoms with van der Waals surface area (Å²) in [7, 11) is 1.52. The molecule has 6 nitrogen and oxygen atoms in total. The summed E-state index contributed by atoms with van der Waals surface area (Å²) in [4.78, 5) is 8.75. The molecule has 0 fully saturated rings. The third-order valence-corrected chi connectivity index (χ3v) is 4.83. The minimum absolute atomic E-state index is 0.513. The van der Waals surface area contributed by atoms with Crippen LogP contribution in [0.25, 0.3) is 33.4 Å². The molecule has 154 valence electrons. The molecular formula is C22H20F2N4O2. The number of aliphatic hydroxyl groups is 1. The fourth-order valence-corrected chi connectivity index (χ4v) is 3.46. The lowest BCUT2D eigenvalue weighted by atomic mass is 10.00.